The lowest BCUT2D eigenvalue weighted by Crippen LogP contribution is -2.62. The Kier molecular flexibility index (Phi) is 1.16. The van der Waals surface area contributed by atoms with E-state index in [0.717, 1.165) is 17.9 Å². The number of nitrogens with zero attached hydrogens (tertiary/aromatic N) is 1. The minimum Gasteiger partial charge on any atom is -0.327 e. The van der Waals surface area contributed by atoms with Crippen molar-refractivity contribution >= 4 is 0 Å². The Morgan fingerprint density at radius 2 is 1.73 bits per heavy atom. The van der Waals surface area contributed by atoms with Gasteiger partial charge in [0.2, 0.25) is 0 Å². The summed E-state index contributed by atoms with van der Waals surface area (Å²) in [6.45, 7) is 2.62. The van der Waals surface area contributed by atoms with Crippen molar-refractivity contribution in [2.24, 2.45) is 17.6 Å². The predicted octanol–water partition coefficient (Wildman–Crippen LogP) is 0.428. The lowest BCUT2D eigenvalue weighted by atomic mass is 9.67. The molecule has 2 heteroatoms. The number of fused-ring (bicyclic) bond motifs is 2. The first kappa shape index (κ1) is 6.44. The molecule has 4 aliphatic rings. The molecule has 3 atom stereocenters. The average Bonchev–Trinajstić information content (AvgIpc) is 2.86. The summed E-state index contributed by atoms with van der Waals surface area (Å²) in [6, 6.07) is 1.53. The fourth-order valence-electron chi connectivity index (χ4n) is 2.70. The summed E-state index contributed by atoms with van der Waals surface area (Å²) in [5.74, 6) is 1.71. The molecule has 0 aromatic carbocycles. The number of rotatable bonds is 1. The van der Waals surface area contributed by atoms with Crippen LogP contribution in [0.5, 0.6) is 0 Å². The van der Waals surface area contributed by atoms with Gasteiger partial charge in [-0.3, -0.25) is 4.90 Å². The maximum Gasteiger partial charge on any atom is 0.0120 e. The summed E-state index contributed by atoms with van der Waals surface area (Å²) in [7, 11) is 0. The third-order valence-electron chi connectivity index (χ3n) is 3.70. The van der Waals surface area contributed by atoms with Gasteiger partial charge < -0.3 is 5.73 Å². The first-order chi connectivity index (χ1) is 5.34. The zero-order valence-corrected chi connectivity index (χ0v) is 6.87. The van der Waals surface area contributed by atoms with Gasteiger partial charge in [0.15, 0.2) is 0 Å². The van der Waals surface area contributed by atoms with Crippen LogP contribution in [0.25, 0.3) is 0 Å². The van der Waals surface area contributed by atoms with E-state index in [1.165, 1.54) is 32.4 Å². The highest BCUT2D eigenvalue weighted by atomic mass is 15.2. The SMILES string of the molecule is NC1[C@@H]2C[C@H]1CN(C1CC1)C2. The first-order valence-corrected chi connectivity index (χ1v) is 4.84. The summed E-state index contributed by atoms with van der Waals surface area (Å²) in [5.41, 5.74) is 5.98. The fourth-order valence-corrected chi connectivity index (χ4v) is 2.70. The van der Waals surface area contributed by atoms with Crippen molar-refractivity contribution in [1.29, 1.82) is 0 Å². The van der Waals surface area contributed by atoms with Gasteiger partial charge in [0.05, 0.1) is 0 Å². The molecule has 2 aliphatic heterocycles. The van der Waals surface area contributed by atoms with Gasteiger partial charge in [-0.2, -0.15) is 0 Å². The molecule has 4 fully saturated rings. The van der Waals surface area contributed by atoms with Gasteiger partial charge in [-0.1, -0.05) is 0 Å². The van der Waals surface area contributed by atoms with Crippen LogP contribution >= 0.6 is 0 Å². The summed E-state index contributed by atoms with van der Waals surface area (Å²) in [5, 5.41) is 0. The Balaban J connectivity index is 1.67. The molecule has 1 unspecified atom stereocenters. The van der Waals surface area contributed by atoms with Crippen LogP contribution < -0.4 is 5.73 Å². The number of hydrogen-bond donors (Lipinski definition) is 1. The van der Waals surface area contributed by atoms with E-state index in [1.54, 1.807) is 0 Å². The second-order valence-corrected chi connectivity index (χ2v) is 4.52. The lowest BCUT2D eigenvalue weighted by molar-refractivity contribution is -0.00153. The lowest BCUT2D eigenvalue weighted by Gasteiger charge is -2.52. The molecule has 2 heterocycles. The maximum atomic E-state index is 5.98. The van der Waals surface area contributed by atoms with Crippen molar-refractivity contribution in [2.45, 2.75) is 31.3 Å². The van der Waals surface area contributed by atoms with Crippen LogP contribution in [0.2, 0.25) is 0 Å². The average molecular weight is 152 g/mol. The molecule has 0 aromatic rings. The first-order valence-electron chi connectivity index (χ1n) is 4.84. The van der Waals surface area contributed by atoms with Crippen LogP contribution in [-0.4, -0.2) is 30.1 Å². The molecule has 0 amide bonds. The Morgan fingerprint density at radius 1 is 1.09 bits per heavy atom. The second kappa shape index (κ2) is 1.99. The van der Waals surface area contributed by atoms with E-state index in [2.05, 4.69) is 4.90 Å². The third-order valence-corrected chi connectivity index (χ3v) is 3.70. The standard InChI is InChI=1S/C9H16N2/c10-9-6-3-7(9)5-11(4-6)8-1-2-8/h6-9H,1-5,10H2/t6-,7+,9?. The van der Waals surface area contributed by atoms with Crippen molar-refractivity contribution in [3.8, 4) is 0 Å². The second-order valence-electron chi connectivity index (χ2n) is 4.52. The smallest absolute Gasteiger partial charge is 0.0120 e. The molecule has 0 radical (unpaired) electrons. The molecule has 4 rings (SSSR count). The van der Waals surface area contributed by atoms with Crippen molar-refractivity contribution in [3.63, 3.8) is 0 Å². The fraction of sp³-hybridized carbons (Fsp3) is 1.00. The van der Waals surface area contributed by atoms with Gasteiger partial charge in [0.25, 0.3) is 0 Å². The van der Waals surface area contributed by atoms with Gasteiger partial charge in [-0.05, 0) is 31.1 Å². The van der Waals surface area contributed by atoms with Crippen LogP contribution in [0.15, 0.2) is 0 Å². The Bertz CT molecular complexity index is 164. The van der Waals surface area contributed by atoms with Crippen LogP contribution in [0.1, 0.15) is 19.3 Å². The number of hydrogen-bond acceptors (Lipinski definition) is 2. The van der Waals surface area contributed by atoms with Crippen molar-refractivity contribution in [3.05, 3.63) is 0 Å². The maximum absolute atomic E-state index is 5.98. The molecule has 0 aromatic heterocycles. The van der Waals surface area contributed by atoms with Crippen LogP contribution in [0, 0.1) is 11.8 Å². The Labute approximate surface area is 67.7 Å². The van der Waals surface area contributed by atoms with Gasteiger partial charge in [0.1, 0.15) is 0 Å². The van der Waals surface area contributed by atoms with E-state index in [-0.39, 0.29) is 0 Å². The zero-order valence-electron chi connectivity index (χ0n) is 6.87. The summed E-state index contributed by atoms with van der Waals surface area (Å²) in [6.07, 6.45) is 4.33. The molecule has 2 nitrogen and oxygen atoms in total. The van der Waals surface area contributed by atoms with E-state index in [0.29, 0.717) is 6.04 Å². The Hall–Kier alpha value is -0.0800. The van der Waals surface area contributed by atoms with E-state index in [1.807, 2.05) is 0 Å². The van der Waals surface area contributed by atoms with Gasteiger partial charge in [-0.25, -0.2) is 0 Å². The van der Waals surface area contributed by atoms with Gasteiger partial charge in [0, 0.05) is 25.2 Å². The van der Waals surface area contributed by atoms with Crippen molar-refractivity contribution in [2.75, 3.05) is 13.1 Å². The number of nitrogens with two attached hydrogens (primary N) is 1. The third kappa shape index (κ3) is 0.859. The highest BCUT2D eigenvalue weighted by Gasteiger charge is 2.47. The largest absolute Gasteiger partial charge is 0.327 e. The molecule has 11 heavy (non-hydrogen) atoms. The minimum atomic E-state index is 0.560. The van der Waals surface area contributed by atoms with Crippen LogP contribution in [-0.2, 0) is 0 Å². The molecule has 2 N–H and O–H groups in total. The molecular weight excluding hydrogens is 136 g/mol. The van der Waals surface area contributed by atoms with E-state index in [4.69, 9.17) is 5.73 Å². The van der Waals surface area contributed by atoms with Crippen molar-refractivity contribution in [1.82, 2.24) is 4.90 Å². The molecule has 62 valence electrons. The monoisotopic (exact) mass is 152 g/mol. The molecule has 2 bridgehead atoms. The molecule has 0 spiro atoms. The van der Waals surface area contributed by atoms with E-state index in [9.17, 15) is 0 Å². The van der Waals surface area contributed by atoms with Crippen molar-refractivity contribution < 1.29 is 0 Å². The van der Waals surface area contributed by atoms with E-state index >= 15 is 0 Å². The van der Waals surface area contributed by atoms with Gasteiger partial charge >= 0.3 is 0 Å². The zero-order chi connectivity index (χ0) is 7.42. The topological polar surface area (TPSA) is 29.3 Å². The number of piperidine rings is 2. The van der Waals surface area contributed by atoms with Crippen LogP contribution in [0.3, 0.4) is 0 Å². The van der Waals surface area contributed by atoms with Gasteiger partial charge in [-0.15, -0.1) is 0 Å². The molecular formula is C9H16N2. The predicted molar refractivity (Wildman–Crippen MR) is 44.2 cm³/mol. The normalized spacial score (nSPS) is 50.5. The summed E-state index contributed by atoms with van der Waals surface area (Å²) >= 11 is 0. The van der Waals surface area contributed by atoms with Crippen LogP contribution in [0.4, 0.5) is 0 Å². The Morgan fingerprint density at radius 3 is 2.18 bits per heavy atom. The summed E-state index contributed by atoms with van der Waals surface area (Å²) < 4.78 is 0. The molecule has 2 saturated carbocycles. The highest BCUT2D eigenvalue weighted by Crippen LogP contribution is 2.42. The molecule has 2 aliphatic carbocycles. The molecule has 2 saturated heterocycles. The highest BCUT2D eigenvalue weighted by molar-refractivity contribution is 5.02. The summed E-state index contributed by atoms with van der Waals surface area (Å²) in [4.78, 5) is 2.67. The quantitative estimate of drug-likeness (QED) is 0.590. The minimum absolute atomic E-state index is 0.560. The van der Waals surface area contributed by atoms with E-state index < -0.39 is 0 Å².